The molecule has 4 aromatic rings. The molecule has 0 aliphatic carbocycles. The summed E-state index contributed by atoms with van der Waals surface area (Å²) in [4.78, 5) is 18.6. The van der Waals surface area contributed by atoms with Gasteiger partial charge in [-0.1, -0.05) is 78.4 Å². The lowest BCUT2D eigenvalue weighted by molar-refractivity contribution is 0.275. The van der Waals surface area contributed by atoms with Crippen LogP contribution in [-0.2, 0) is 0 Å². The molecule has 0 aliphatic heterocycles. The van der Waals surface area contributed by atoms with Crippen LogP contribution in [0, 0.1) is 17.8 Å². The number of nitrogens with zero attached hydrogens (tertiary/aromatic N) is 4. The number of fused-ring (bicyclic) bond motifs is 3. The van der Waals surface area contributed by atoms with Gasteiger partial charge >= 0.3 is 0 Å². The summed E-state index contributed by atoms with van der Waals surface area (Å²) in [6.07, 6.45) is 9.12. The van der Waals surface area contributed by atoms with Crippen LogP contribution >= 0.6 is 0 Å². The predicted molar refractivity (Wildman–Crippen MR) is 141 cm³/mol. The fourth-order valence-electron chi connectivity index (χ4n) is 4.49. The number of benzene rings is 2. The maximum Gasteiger partial charge on any atom is 0.199 e. The minimum absolute atomic E-state index is 0.565. The third kappa shape index (κ3) is 6.62. The van der Waals surface area contributed by atoms with Gasteiger partial charge in [0, 0.05) is 6.07 Å². The Balaban J connectivity index is 1.27. The lowest BCUT2D eigenvalue weighted by Crippen LogP contribution is -2.05. The van der Waals surface area contributed by atoms with E-state index in [-0.39, 0.29) is 0 Å². The van der Waals surface area contributed by atoms with Gasteiger partial charge in [0.2, 0.25) is 0 Å². The van der Waals surface area contributed by atoms with E-state index in [0.29, 0.717) is 17.2 Å². The maximum absolute atomic E-state index is 6.07. The van der Waals surface area contributed by atoms with Crippen LogP contribution in [0.4, 0.5) is 0 Å². The summed E-state index contributed by atoms with van der Waals surface area (Å²) < 4.78 is 6.07. The molecule has 2 atom stereocenters. The molecule has 5 heteroatoms. The third-order valence-corrected chi connectivity index (χ3v) is 6.69. The Kier molecular flexibility index (Phi) is 8.25. The summed E-state index contributed by atoms with van der Waals surface area (Å²) >= 11 is 0. The van der Waals surface area contributed by atoms with Crippen molar-refractivity contribution in [2.45, 2.75) is 72.6 Å². The molecule has 0 spiro atoms. The molecule has 34 heavy (non-hydrogen) atoms. The van der Waals surface area contributed by atoms with Gasteiger partial charge in [-0.25, -0.2) is 19.9 Å². The lowest BCUT2D eigenvalue weighted by atomic mass is 9.93. The Hall–Kier alpha value is -2.82. The van der Waals surface area contributed by atoms with Crippen molar-refractivity contribution >= 4 is 33.4 Å². The Morgan fingerprint density at radius 1 is 0.618 bits per heavy atom. The highest BCUT2D eigenvalue weighted by Gasteiger charge is 2.09. The second kappa shape index (κ2) is 11.5. The van der Waals surface area contributed by atoms with Crippen LogP contribution in [0.5, 0.6) is 5.75 Å². The quantitative estimate of drug-likeness (QED) is 0.203. The van der Waals surface area contributed by atoms with E-state index in [0.717, 1.165) is 52.7 Å². The summed E-state index contributed by atoms with van der Waals surface area (Å²) in [5.41, 5.74) is 4.39. The normalized spacial score (nSPS) is 13.7. The highest BCUT2D eigenvalue weighted by Crippen LogP contribution is 2.23. The zero-order valence-electron chi connectivity index (χ0n) is 21.1. The molecular weight excluding hydrogens is 420 g/mol. The van der Waals surface area contributed by atoms with Crippen molar-refractivity contribution in [3.05, 3.63) is 42.5 Å². The molecule has 0 radical (unpaired) electrons. The molecule has 0 amide bonds. The Bertz CT molecular complexity index is 1220. The number of hydrogen-bond acceptors (Lipinski definition) is 5. The van der Waals surface area contributed by atoms with Crippen molar-refractivity contribution in [1.82, 2.24) is 19.9 Å². The highest BCUT2D eigenvalue weighted by molar-refractivity contribution is 5.88. The minimum atomic E-state index is 0.565. The summed E-state index contributed by atoms with van der Waals surface area (Å²) in [7, 11) is 0. The molecule has 0 saturated carbocycles. The van der Waals surface area contributed by atoms with Crippen LogP contribution in [0.2, 0.25) is 0 Å². The van der Waals surface area contributed by atoms with Gasteiger partial charge in [0.05, 0.1) is 28.7 Å². The first-order chi connectivity index (χ1) is 16.5. The van der Waals surface area contributed by atoms with E-state index in [4.69, 9.17) is 9.72 Å². The van der Waals surface area contributed by atoms with Crippen LogP contribution in [-0.4, -0.2) is 26.5 Å². The molecule has 0 N–H and O–H groups in total. The van der Waals surface area contributed by atoms with Crippen LogP contribution in [0.3, 0.4) is 0 Å². The zero-order chi connectivity index (χ0) is 23.9. The van der Waals surface area contributed by atoms with E-state index in [2.05, 4.69) is 42.6 Å². The fraction of sp³-hybridized carbons (Fsp3) is 0.517. The monoisotopic (exact) mass is 458 g/mol. The van der Waals surface area contributed by atoms with Gasteiger partial charge in [0.1, 0.15) is 5.75 Å². The second-order valence-corrected chi connectivity index (χ2v) is 10.3. The summed E-state index contributed by atoms with van der Waals surface area (Å²) in [5.74, 6) is 3.19. The molecule has 4 rings (SSSR count). The van der Waals surface area contributed by atoms with Crippen molar-refractivity contribution in [2.75, 3.05) is 6.61 Å². The van der Waals surface area contributed by atoms with Crippen LogP contribution in [0.1, 0.15) is 72.6 Å². The van der Waals surface area contributed by atoms with Crippen molar-refractivity contribution in [2.24, 2.45) is 17.8 Å². The average Bonchev–Trinajstić information content (AvgIpc) is 2.81. The number of para-hydroxylation sites is 2. The van der Waals surface area contributed by atoms with Crippen LogP contribution < -0.4 is 4.74 Å². The molecule has 180 valence electrons. The molecule has 0 aliphatic rings. The van der Waals surface area contributed by atoms with Crippen molar-refractivity contribution in [1.29, 1.82) is 0 Å². The van der Waals surface area contributed by atoms with E-state index in [1.165, 1.54) is 38.5 Å². The van der Waals surface area contributed by atoms with E-state index in [9.17, 15) is 0 Å². The van der Waals surface area contributed by atoms with Gasteiger partial charge in [-0.05, 0) is 48.4 Å². The first-order valence-corrected chi connectivity index (χ1v) is 12.9. The van der Waals surface area contributed by atoms with Gasteiger partial charge in [-0.3, -0.25) is 0 Å². The largest absolute Gasteiger partial charge is 0.494 e. The zero-order valence-corrected chi connectivity index (χ0v) is 21.1. The first kappa shape index (κ1) is 24.3. The lowest BCUT2D eigenvalue weighted by Gasteiger charge is -2.15. The van der Waals surface area contributed by atoms with Crippen LogP contribution in [0.25, 0.3) is 33.4 Å². The Morgan fingerprint density at radius 2 is 1.15 bits per heavy atom. The molecule has 0 saturated heterocycles. The number of hydrogen-bond donors (Lipinski definition) is 0. The first-order valence-electron chi connectivity index (χ1n) is 12.9. The van der Waals surface area contributed by atoms with Gasteiger partial charge in [0.25, 0.3) is 0 Å². The molecule has 0 bridgehead atoms. The van der Waals surface area contributed by atoms with Gasteiger partial charge in [-0.2, -0.15) is 0 Å². The predicted octanol–water partition coefficient (Wildman–Crippen LogP) is 7.76. The second-order valence-electron chi connectivity index (χ2n) is 10.3. The summed E-state index contributed by atoms with van der Waals surface area (Å²) in [6, 6.07) is 13.7. The summed E-state index contributed by atoms with van der Waals surface area (Å²) in [6.45, 7) is 10.1. The average molecular weight is 459 g/mol. The van der Waals surface area contributed by atoms with E-state index >= 15 is 0 Å². The Morgan fingerprint density at radius 3 is 1.76 bits per heavy atom. The standard InChI is InChI=1S/C29H38N4O/c1-20(2)9-7-10-21(3)11-8-12-22(4)17-18-34-23-15-16-26-27(19-23)33-29-28(32-26)30-24-13-5-6-14-25(24)31-29/h5-6,13-16,19-22H,7-12,17-18H2,1-4H3. The van der Waals surface area contributed by atoms with E-state index in [1.807, 2.05) is 42.5 Å². The van der Waals surface area contributed by atoms with Crippen molar-refractivity contribution < 1.29 is 4.74 Å². The number of rotatable bonds is 12. The third-order valence-electron chi connectivity index (χ3n) is 6.69. The summed E-state index contributed by atoms with van der Waals surface area (Å²) in [5, 5.41) is 0. The van der Waals surface area contributed by atoms with Crippen LogP contribution in [0.15, 0.2) is 42.5 Å². The Labute approximate surface area is 203 Å². The van der Waals surface area contributed by atoms with Crippen molar-refractivity contribution in [3.8, 4) is 5.75 Å². The topological polar surface area (TPSA) is 60.8 Å². The smallest absolute Gasteiger partial charge is 0.199 e. The SMILES string of the molecule is CC(C)CCCC(C)CCCC(C)CCOc1ccc2nc3nc4ccccc4nc3nc2c1. The number of aromatic nitrogens is 4. The van der Waals surface area contributed by atoms with E-state index < -0.39 is 0 Å². The molecule has 2 heterocycles. The van der Waals surface area contributed by atoms with Gasteiger partial charge in [-0.15, -0.1) is 0 Å². The van der Waals surface area contributed by atoms with Crippen molar-refractivity contribution in [3.63, 3.8) is 0 Å². The number of ether oxygens (including phenoxy) is 1. The minimum Gasteiger partial charge on any atom is -0.494 e. The molecular formula is C29H38N4O. The van der Waals surface area contributed by atoms with E-state index in [1.54, 1.807) is 0 Å². The molecule has 2 aromatic heterocycles. The fourth-order valence-corrected chi connectivity index (χ4v) is 4.49. The van der Waals surface area contributed by atoms with Gasteiger partial charge in [0.15, 0.2) is 11.3 Å². The highest BCUT2D eigenvalue weighted by atomic mass is 16.5. The molecule has 5 nitrogen and oxygen atoms in total. The van der Waals surface area contributed by atoms with Gasteiger partial charge < -0.3 is 4.74 Å². The molecule has 2 unspecified atom stereocenters. The molecule has 2 aromatic carbocycles. The molecule has 0 fully saturated rings. The maximum atomic E-state index is 6.07.